The summed E-state index contributed by atoms with van der Waals surface area (Å²) < 4.78 is 0.244. The molecule has 5 heteroatoms. The van der Waals surface area contributed by atoms with E-state index < -0.39 is 0 Å². The summed E-state index contributed by atoms with van der Waals surface area (Å²) >= 11 is 8.01. The summed E-state index contributed by atoms with van der Waals surface area (Å²) in [6.45, 7) is 10.2. The van der Waals surface area contributed by atoms with E-state index in [-0.39, 0.29) is 16.6 Å². The van der Waals surface area contributed by atoms with Crippen LogP contribution < -0.4 is 0 Å². The number of amides is 1. The van der Waals surface area contributed by atoms with Gasteiger partial charge < -0.3 is 4.90 Å². The molecule has 1 fully saturated rings. The molecule has 0 aromatic carbocycles. The molecule has 1 saturated heterocycles. The molecule has 1 aliphatic heterocycles. The Labute approximate surface area is 136 Å². The van der Waals surface area contributed by atoms with Gasteiger partial charge in [0, 0.05) is 34.8 Å². The van der Waals surface area contributed by atoms with Gasteiger partial charge in [0.2, 0.25) is 0 Å². The predicted molar refractivity (Wildman–Crippen MR) is 90.4 cm³/mol. The molecular weight excluding hydrogens is 304 g/mol. The predicted octanol–water partition coefficient (Wildman–Crippen LogP) is 4.22. The molecule has 0 saturated carbocycles. The first-order valence-corrected chi connectivity index (χ1v) is 8.75. The monoisotopic (exact) mass is 326 g/mol. The molecule has 1 aromatic heterocycles. The van der Waals surface area contributed by atoms with Crippen molar-refractivity contribution >= 4 is 29.3 Å². The van der Waals surface area contributed by atoms with E-state index in [1.807, 2.05) is 22.7 Å². The first-order valence-electron chi connectivity index (χ1n) is 7.39. The third-order valence-electron chi connectivity index (χ3n) is 3.78. The van der Waals surface area contributed by atoms with Crippen LogP contribution in [0.5, 0.6) is 0 Å². The number of rotatable bonds is 2. The van der Waals surface area contributed by atoms with Gasteiger partial charge in [-0.3, -0.25) is 4.79 Å². The topological polar surface area (TPSA) is 33.2 Å². The van der Waals surface area contributed by atoms with Gasteiger partial charge >= 0.3 is 0 Å². The first kappa shape index (κ1) is 16.6. The Balaban J connectivity index is 2.20. The third kappa shape index (κ3) is 4.36. The fraction of sp³-hybridized carbons (Fsp3) is 0.625. The van der Waals surface area contributed by atoms with Crippen molar-refractivity contribution < 1.29 is 4.79 Å². The van der Waals surface area contributed by atoms with Crippen molar-refractivity contribution in [3.05, 3.63) is 28.5 Å². The first-order chi connectivity index (χ1) is 9.78. The van der Waals surface area contributed by atoms with Gasteiger partial charge in [-0.1, -0.05) is 39.3 Å². The van der Waals surface area contributed by atoms with E-state index in [1.54, 1.807) is 6.07 Å². The maximum absolute atomic E-state index is 12.7. The van der Waals surface area contributed by atoms with Gasteiger partial charge in [-0.15, -0.1) is 0 Å². The fourth-order valence-corrected chi connectivity index (χ4v) is 3.66. The summed E-state index contributed by atoms with van der Waals surface area (Å²) in [7, 11) is 0. The summed E-state index contributed by atoms with van der Waals surface area (Å²) in [5.74, 6) is 1.31. The lowest BCUT2D eigenvalue weighted by molar-refractivity contribution is 0.0764. The molecule has 0 N–H and O–H groups in total. The van der Waals surface area contributed by atoms with Gasteiger partial charge in [-0.05, 0) is 24.5 Å². The Kier molecular flexibility index (Phi) is 5.20. The number of nitrogens with zero attached hydrogens (tertiary/aromatic N) is 2. The highest BCUT2D eigenvalue weighted by Gasteiger charge is 2.26. The van der Waals surface area contributed by atoms with Crippen LogP contribution in [0.2, 0.25) is 5.15 Å². The fourth-order valence-electron chi connectivity index (χ4n) is 2.34. The average Bonchev–Trinajstić information content (AvgIpc) is 2.58. The minimum Gasteiger partial charge on any atom is -0.338 e. The SMILES string of the molecule is CC(C)c1cc(C(=O)N2CCSC(C)(C)CC2)cc(Cl)n1. The van der Waals surface area contributed by atoms with Gasteiger partial charge in [-0.25, -0.2) is 4.98 Å². The number of thioether (sulfide) groups is 1. The maximum Gasteiger partial charge on any atom is 0.254 e. The molecule has 0 aliphatic carbocycles. The van der Waals surface area contributed by atoms with Crippen LogP contribution >= 0.6 is 23.4 Å². The molecule has 0 bridgehead atoms. The van der Waals surface area contributed by atoms with Crippen molar-refractivity contribution in [1.29, 1.82) is 0 Å². The lowest BCUT2D eigenvalue weighted by Crippen LogP contribution is -2.33. The molecule has 0 spiro atoms. The second-order valence-corrected chi connectivity index (χ2v) is 8.60. The van der Waals surface area contributed by atoms with Crippen LogP contribution in [0.15, 0.2) is 12.1 Å². The zero-order chi connectivity index (χ0) is 15.6. The highest BCUT2D eigenvalue weighted by Crippen LogP contribution is 2.31. The Morgan fingerprint density at radius 3 is 2.76 bits per heavy atom. The van der Waals surface area contributed by atoms with E-state index >= 15 is 0 Å². The van der Waals surface area contributed by atoms with Crippen molar-refractivity contribution in [1.82, 2.24) is 9.88 Å². The molecule has 21 heavy (non-hydrogen) atoms. The molecule has 1 amide bonds. The van der Waals surface area contributed by atoms with Crippen LogP contribution in [0.4, 0.5) is 0 Å². The molecule has 3 nitrogen and oxygen atoms in total. The van der Waals surface area contributed by atoms with Crippen LogP contribution in [-0.2, 0) is 0 Å². The van der Waals surface area contributed by atoms with Gasteiger partial charge in [0.25, 0.3) is 5.91 Å². The number of aromatic nitrogens is 1. The lowest BCUT2D eigenvalue weighted by atomic mass is 10.1. The third-order valence-corrected chi connectivity index (χ3v) is 5.34. The van der Waals surface area contributed by atoms with Crippen molar-refractivity contribution in [3.8, 4) is 0 Å². The molecule has 0 unspecified atom stereocenters. The van der Waals surface area contributed by atoms with Crippen LogP contribution in [-0.4, -0.2) is 39.4 Å². The number of halogens is 1. The van der Waals surface area contributed by atoms with Crippen LogP contribution in [0.3, 0.4) is 0 Å². The van der Waals surface area contributed by atoms with Crippen molar-refractivity contribution in [3.63, 3.8) is 0 Å². The van der Waals surface area contributed by atoms with Gasteiger partial charge in [0.05, 0.1) is 0 Å². The summed E-state index contributed by atoms with van der Waals surface area (Å²) in [5.41, 5.74) is 1.53. The van der Waals surface area contributed by atoms with E-state index in [0.29, 0.717) is 10.7 Å². The number of carbonyl (C=O) groups excluding carboxylic acids is 1. The van der Waals surface area contributed by atoms with Crippen LogP contribution in [0.25, 0.3) is 0 Å². The number of pyridine rings is 1. The summed E-state index contributed by atoms with van der Waals surface area (Å²) in [6.07, 6.45) is 1.01. The summed E-state index contributed by atoms with van der Waals surface area (Å²) in [6, 6.07) is 3.56. The molecule has 0 radical (unpaired) electrons. The average molecular weight is 327 g/mol. The molecule has 2 heterocycles. The van der Waals surface area contributed by atoms with Crippen LogP contribution in [0, 0.1) is 0 Å². The highest BCUT2D eigenvalue weighted by molar-refractivity contribution is 8.00. The standard InChI is InChI=1S/C16H23ClN2OS/c1-11(2)13-9-12(10-14(17)18-13)15(20)19-6-5-16(3,4)21-8-7-19/h9-11H,5-8H2,1-4H3. The van der Waals surface area contributed by atoms with E-state index in [4.69, 9.17) is 11.6 Å². The quantitative estimate of drug-likeness (QED) is 0.763. The minimum absolute atomic E-state index is 0.0690. The Morgan fingerprint density at radius 2 is 2.10 bits per heavy atom. The Bertz CT molecular complexity index is 531. The van der Waals surface area contributed by atoms with Gasteiger partial charge in [-0.2, -0.15) is 11.8 Å². The second-order valence-electron chi connectivity index (χ2n) is 6.41. The van der Waals surface area contributed by atoms with E-state index in [2.05, 4.69) is 32.7 Å². The Hall–Kier alpha value is -0.740. The minimum atomic E-state index is 0.0690. The molecular formula is C16H23ClN2OS. The lowest BCUT2D eigenvalue weighted by Gasteiger charge is -2.23. The van der Waals surface area contributed by atoms with Gasteiger partial charge in [0.1, 0.15) is 5.15 Å². The summed E-state index contributed by atoms with van der Waals surface area (Å²) in [5, 5.41) is 0.397. The molecule has 0 atom stereocenters. The number of hydrogen-bond acceptors (Lipinski definition) is 3. The maximum atomic E-state index is 12.7. The Morgan fingerprint density at radius 1 is 1.38 bits per heavy atom. The van der Waals surface area contributed by atoms with Crippen molar-refractivity contribution in [2.24, 2.45) is 0 Å². The van der Waals surface area contributed by atoms with E-state index in [0.717, 1.165) is 31.0 Å². The molecule has 2 rings (SSSR count). The zero-order valence-corrected chi connectivity index (χ0v) is 14.7. The molecule has 1 aromatic rings. The number of carbonyl (C=O) groups is 1. The number of hydrogen-bond donors (Lipinski definition) is 0. The molecule has 116 valence electrons. The van der Waals surface area contributed by atoms with Crippen molar-refractivity contribution in [2.75, 3.05) is 18.8 Å². The summed E-state index contributed by atoms with van der Waals surface area (Å²) in [4.78, 5) is 19.0. The van der Waals surface area contributed by atoms with Crippen molar-refractivity contribution in [2.45, 2.75) is 44.8 Å². The largest absolute Gasteiger partial charge is 0.338 e. The van der Waals surface area contributed by atoms with E-state index in [9.17, 15) is 4.79 Å². The normalized spacial score (nSPS) is 18.7. The smallest absolute Gasteiger partial charge is 0.254 e. The van der Waals surface area contributed by atoms with Gasteiger partial charge in [0.15, 0.2) is 0 Å². The molecule has 1 aliphatic rings. The zero-order valence-electron chi connectivity index (χ0n) is 13.1. The van der Waals surface area contributed by atoms with Crippen LogP contribution in [0.1, 0.15) is 56.1 Å². The van der Waals surface area contributed by atoms with E-state index in [1.165, 1.54) is 0 Å². The second kappa shape index (κ2) is 6.57. The highest BCUT2D eigenvalue weighted by atomic mass is 35.5.